The zero-order chi connectivity index (χ0) is 23.2. The first-order chi connectivity index (χ1) is 13.6. The largest absolute Gasteiger partial charge is 0.510 e. The van der Waals surface area contributed by atoms with Crippen LogP contribution in [0.3, 0.4) is 0 Å². The number of aliphatic hydroxyl groups excluding tert-OH is 1. The van der Waals surface area contributed by atoms with Gasteiger partial charge in [-0.25, -0.2) is 0 Å². The lowest BCUT2D eigenvalue weighted by Gasteiger charge is -2.59. The number of carbonyl (C=O) groups excluding carboxylic acids is 3. The number of rotatable bonds is 6. The maximum Gasteiger partial charge on any atom is 0.184 e. The van der Waals surface area contributed by atoms with Crippen molar-refractivity contribution in [3.05, 3.63) is 34.6 Å². The molecular formula is C26H38O4. The summed E-state index contributed by atoms with van der Waals surface area (Å²) in [6, 6.07) is 0. The van der Waals surface area contributed by atoms with Crippen LogP contribution >= 0.6 is 0 Å². The number of Topliss-reactive ketones (excluding diaryl/α,β-unsaturated/α-hetero) is 3. The van der Waals surface area contributed by atoms with Gasteiger partial charge in [-0.05, 0) is 65.2 Å². The smallest absolute Gasteiger partial charge is 0.184 e. The van der Waals surface area contributed by atoms with E-state index in [0.717, 1.165) is 12.0 Å². The summed E-state index contributed by atoms with van der Waals surface area (Å²) in [7, 11) is 0. The fraction of sp³-hybridized carbons (Fsp3) is 0.654. The molecule has 0 amide bonds. The van der Waals surface area contributed by atoms with Crippen molar-refractivity contribution in [1.29, 1.82) is 0 Å². The standard InChI is InChI=1S/C26H38O4/c1-15(2)10-11-18-14-25(9)21(28)19(20(27)17(5)6)22(29)26(23(25)30,24(18,7)8)13-12-16(3)4/h10,12,17-18,28H,11,13-14H2,1-9H3/t18-,25-,26+/m1/s1. The molecule has 166 valence electrons. The van der Waals surface area contributed by atoms with E-state index in [-0.39, 0.29) is 35.2 Å². The molecule has 1 N–H and O–H groups in total. The van der Waals surface area contributed by atoms with Crippen LogP contribution in [0.2, 0.25) is 0 Å². The first-order valence-electron chi connectivity index (χ1n) is 11.0. The molecule has 0 aliphatic heterocycles. The summed E-state index contributed by atoms with van der Waals surface area (Å²) < 4.78 is 0. The number of carbonyl (C=O) groups is 3. The SMILES string of the molecule is CC(C)=CC[C@@H]1C[C@@]2(C)C(=O)[C@](CC=C(C)C)(C(=O)C(C(=O)C(C)C)=C2O)C1(C)C. The third-order valence-electron chi connectivity index (χ3n) is 7.44. The molecule has 0 aromatic heterocycles. The molecule has 2 aliphatic carbocycles. The normalized spacial score (nSPS) is 30.4. The maximum absolute atomic E-state index is 14.0. The third-order valence-corrected chi connectivity index (χ3v) is 7.44. The first-order valence-corrected chi connectivity index (χ1v) is 11.0. The molecule has 4 heteroatoms. The Morgan fingerprint density at radius 3 is 2.07 bits per heavy atom. The van der Waals surface area contributed by atoms with Crippen LogP contribution in [0, 0.1) is 28.1 Å². The molecule has 3 atom stereocenters. The van der Waals surface area contributed by atoms with Gasteiger partial charge in [0.05, 0.1) is 5.41 Å². The van der Waals surface area contributed by atoms with E-state index < -0.39 is 27.9 Å². The van der Waals surface area contributed by atoms with Gasteiger partial charge in [0, 0.05) is 5.92 Å². The molecule has 2 rings (SSSR count). The van der Waals surface area contributed by atoms with Crippen molar-refractivity contribution in [1.82, 2.24) is 0 Å². The van der Waals surface area contributed by atoms with Crippen LogP contribution in [0.1, 0.15) is 81.6 Å². The molecule has 30 heavy (non-hydrogen) atoms. The maximum atomic E-state index is 14.0. The van der Waals surface area contributed by atoms with Crippen LogP contribution in [0.15, 0.2) is 34.6 Å². The van der Waals surface area contributed by atoms with Gasteiger partial charge in [-0.1, -0.05) is 51.0 Å². The predicted molar refractivity (Wildman–Crippen MR) is 120 cm³/mol. The summed E-state index contributed by atoms with van der Waals surface area (Å²) in [5, 5.41) is 11.1. The van der Waals surface area contributed by atoms with Gasteiger partial charge in [0.25, 0.3) is 0 Å². The molecule has 2 aliphatic rings. The molecular weight excluding hydrogens is 376 g/mol. The summed E-state index contributed by atoms with van der Waals surface area (Å²) in [4.78, 5) is 40.9. The number of hydrogen-bond donors (Lipinski definition) is 1. The second kappa shape index (κ2) is 7.94. The minimum Gasteiger partial charge on any atom is -0.510 e. The van der Waals surface area contributed by atoms with E-state index in [0.29, 0.717) is 6.42 Å². The van der Waals surface area contributed by atoms with Crippen LogP contribution in [0.5, 0.6) is 0 Å². The Morgan fingerprint density at radius 1 is 1.07 bits per heavy atom. The van der Waals surface area contributed by atoms with Gasteiger partial charge in [0.2, 0.25) is 0 Å². The van der Waals surface area contributed by atoms with Gasteiger partial charge >= 0.3 is 0 Å². The lowest BCUT2D eigenvalue weighted by molar-refractivity contribution is -0.170. The van der Waals surface area contributed by atoms with Crippen LogP contribution in [0.25, 0.3) is 0 Å². The van der Waals surface area contributed by atoms with Crippen molar-refractivity contribution in [3.63, 3.8) is 0 Å². The van der Waals surface area contributed by atoms with Crippen LogP contribution in [-0.4, -0.2) is 22.5 Å². The van der Waals surface area contributed by atoms with E-state index in [9.17, 15) is 19.5 Å². The average Bonchev–Trinajstić information content (AvgIpc) is 2.62. The van der Waals surface area contributed by atoms with E-state index in [1.54, 1.807) is 20.8 Å². The number of hydrogen-bond acceptors (Lipinski definition) is 4. The van der Waals surface area contributed by atoms with Gasteiger partial charge in [0.1, 0.15) is 16.7 Å². The zero-order valence-corrected chi connectivity index (χ0v) is 20.1. The number of fused-ring (bicyclic) bond motifs is 2. The Balaban J connectivity index is 2.87. The van der Waals surface area contributed by atoms with Crippen LogP contribution in [0.4, 0.5) is 0 Å². The molecule has 4 nitrogen and oxygen atoms in total. The Hall–Kier alpha value is -1.97. The zero-order valence-electron chi connectivity index (χ0n) is 20.1. The van der Waals surface area contributed by atoms with Crippen molar-refractivity contribution in [2.24, 2.45) is 28.1 Å². The molecule has 0 saturated heterocycles. The molecule has 0 radical (unpaired) electrons. The van der Waals surface area contributed by atoms with Gasteiger partial charge in [-0.3, -0.25) is 14.4 Å². The van der Waals surface area contributed by atoms with E-state index in [1.165, 1.54) is 5.57 Å². The lowest BCUT2D eigenvalue weighted by atomic mass is 9.40. The molecule has 1 saturated carbocycles. The van der Waals surface area contributed by atoms with E-state index >= 15 is 0 Å². The van der Waals surface area contributed by atoms with Gasteiger partial charge < -0.3 is 5.11 Å². The predicted octanol–water partition coefficient (Wildman–Crippen LogP) is 5.93. The van der Waals surface area contributed by atoms with Crippen LogP contribution in [-0.2, 0) is 14.4 Å². The van der Waals surface area contributed by atoms with E-state index in [2.05, 4.69) is 6.08 Å². The summed E-state index contributed by atoms with van der Waals surface area (Å²) in [5.74, 6) is -1.85. The van der Waals surface area contributed by atoms with Crippen molar-refractivity contribution in [2.75, 3.05) is 0 Å². The fourth-order valence-electron chi connectivity index (χ4n) is 5.23. The lowest BCUT2D eigenvalue weighted by Crippen LogP contribution is -2.66. The van der Waals surface area contributed by atoms with E-state index in [4.69, 9.17) is 0 Å². The summed E-state index contributed by atoms with van der Waals surface area (Å²) in [6.45, 7) is 17.1. The number of ketones is 3. The number of allylic oxidation sites excluding steroid dienone is 6. The molecule has 0 unspecified atom stereocenters. The highest BCUT2D eigenvalue weighted by atomic mass is 16.3. The molecule has 0 heterocycles. The minimum atomic E-state index is -1.36. The Kier molecular flexibility index (Phi) is 6.43. The highest BCUT2D eigenvalue weighted by Gasteiger charge is 2.71. The molecule has 0 aromatic carbocycles. The number of aliphatic hydroxyl groups is 1. The highest BCUT2D eigenvalue weighted by molar-refractivity contribution is 6.32. The summed E-state index contributed by atoms with van der Waals surface area (Å²) in [6.07, 6.45) is 5.47. The van der Waals surface area contributed by atoms with Crippen molar-refractivity contribution >= 4 is 17.3 Å². The van der Waals surface area contributed by atoms with Crippen molar-refractivity contribution in [2.45, 2.75) is 81.6 Å². The minimum absolute atomic E-state index is 0.0162. The molecule has 1 fully saturated rings. The fourth-order valence-corrected chi connectivity index (χ4v) is 5.23. The second-order valence-corrected chi connectivity index (χ2v) is 10.8. The molecule has 0 aromatic rings. The van der Waals surface area contributed by atoms with E-state index in [1.807, 2.05) is 47.6 Å². The Labute approximate surface area is 181 Å². The van der Waals surface area contributed by atoms with Crippen molar-refractivity contribution < 1.29 is 19.5 Å². The van der Waals surface area contributed by atoms with Crippen LogP contribution < -0.4 is 0 Å². The molecule has 2 bridgehead atoms. The summed E-state index contributed by atoms with van der Waals surface area (Å²) >= 11 is 0. The average molecular weight is 415 g/mol. The Bertz CT molecular complexity index is 859. The summed E-state index contributed by atoms with van der Waals surface area (Å²) in [5.41, 5.74) is -1.20. The van der Waals surface area contributed by atoms with Crippen molar-refractivity contribution in [3.8, 4) is 0 Å². The third kappa shape index (κ3) is 3.42. The van der Waals surface area contributed by atoms with Gasteiger partial charge in [0.15, 0.2) is 17.3 Å². The van der Waals surface area contributed by atoms with Gasteiger partial charge in [-0.2, -0.15) is 0 Å². The highest BCUT2D eigenvalue weighted by Crippen LogP contribution is 2.65. The topological polar surface area (TPSA) is 71.4 Å². The quantitative estimate of drug-likeness (QED) is 0.332. The second-order valence-electron chi connectivity index (χ2n) is 10.8. The monoisotopic (exact) mass is 414 g/mol. The first kappa shape index (κ1) is 24.3. The molecule has 0 spiro atoms. The van der Waals surface area contributed by atoms with Gasteiger partial charge in [-0.15, -0.1) is 0 Å². The Morgan fingerprint density at radius 2 is 1.60 bits per heavy atom.